The molecule has 0 saturated carbocycles. The molecule has 0 atom stereocenters. The third-order valence-corrected chi connectivity index (χ3v) is 10.2. The molecular formula is C20H38O6Si2. The minimum atomic E-state index is -3.05. The van der Waals surface area contributed by atoms with Gasteiger partial charge in [0.25, 0.3) is 0 Å². The molecule has 0 aliphatic carbocycles. The highest BCUT2D eigenvalue weighted by atomic mass is 28.4. The summed E-state index contributed by atoms with van der Waals surface area (Å²) in [5.41, 5.74) is 2.21. The summed E-state index contributed by atoms with van der Waals surface area (Å²) in [5, 5.41) is 0.972. The van der Waals surface area contributed by atoms with Crippen molar-refractivity contribution in [1.82, 2.24) is 0 Å². The van der Waals surface area contributed by atoms with Crippen molar-refractivity contribution in [3.63, 3.8) is 0 Å². The minimum absolute atomic E-state index is 0.518. The van der Waals surface area contributed by atoms with Gasteiger partial charge in [0.1, 0.15) is 0 Å². The van der Waals surface area contributed by atoms with Crippen LogP contribution in [0.25, 0.3) is 0 Å². The van der Waals surface area contributed by atoms with Crippen LogP contribution < -0.4 is 5.19 Å². The van der Waals surface area contributed by atoms with Crippen LogP contribution >= 0.6 is 0 Å². The molecule has 0 aliphatic rings. The molecule has 0 spiro atoms. The van der Waals surface area contributed by atoms with Gasteiger partial charge in [0.2, 0.25) is 0 Å². The summed E-state index contributed by atoms with van der Waals surface area (Å²) in [7, 11) is -5.93. The average Bonchev–Trinajstić information content (AvgIpc) is 2.63. The van der Waals surface area contributed by atoms with Crippen LogP contribution in [-0.2, 0) is 32.6 Å². The zero-order valence-electron chi connectivity index (χ0n) is 18.6. The zero-order chi connectivity index (χ0) is 21.0. The number of hydrogen-bond acceptors (Lipinski definition) is 6. The second-order valence-electron chi connectivity index (χ2n) is 6.17. The van der Waals surface area contributed by atoms with Crippen LogP contribution in [-0.4, -0.2) is 57.3 Å². The molecule has 0 fully saturated rings. The molecule has 8 heteroatoms. The lowest BCUT2D eigenvalue weighted by molar-refractivity contribution is 0.0702. The van der Waals surface area contributed by atoms with Crippen molar-refractivity contribution in [3.8, 4) is 0 Å². The van der Waals surface area contributed by atoms with Crippen molar-refractivity contribution < 1.29 is 26.6 Å². The summed E-state index contributed by atoms with van der Waals surface area (Å²) < 4.78 is 36.7. The Labute approximate surface area is 173 Å². The molecule has 0 bridgehead atoms. The Hall–Kier alpha value is -0.586. The predicted octanol–water partition coefficient (Wildman–Crippen LogP) is 3.38. The van der Waals surface area contributed by atoms with E-state index < -0.39 is 17.6 Å². The molecule has 0 amide bonds. The quantitative estimate of drug-likeness (QED) is 0.398. The molecule has 0 aromatic heterocycles. The molecule has 0 unspecified atom stereocenters. The molecule has 6 nitrogen and oxygen atoms in total. The Morgan fingerprint density at radius 3 is 1.46 bits per heavy atom. The van der Waals surface area contributed by atoms with Crippen molar-refractivity contribution in [3.05, 3.63) is 29.3 Å². The highest BCUT2D eigenvalue weighted by Crippen LogP contribution is 2.21. The monoisotopic (exact) mass is 430 g/mol. The van der Waals surface area contributed by atoms with Crippen LogP contribution in [0.2, 0.25) is 0 Å². The molecule has 0 saturated heterocycles. The van der Waals surface area contributed by atoms with Gasteiger partial charge in [0.15, 0.2) is 0 Å². The average molecular weight is 431 g/mol. The molecular weight excluding hydrogens is 392 g/mol. The fourth-order valence-corrected chi connectivity index (χ4v) is 8.78. The van der Waals surface area contributed by atoms with Crippen LogP contribution in [0.5, 0.6) is 0 Å². The van der Waals surface area contributed by atoms with E-state index in [1.54, 1.807) is 0 Å². The van der Waals surface area contributed by atoms with Crippen LogP contribution in [0, 0.1) is 6.92 Å². The van der Waals surface area contributed by atoms with Gasteiger partial charge in [0, 0.05) is 50.9 Å². The van der Waals surface area contributed by atoms with Gasteiger partial charge < -0.3 is 26.6 Å². The van der Waals surface area contributed by atoms with Crippen molar-refractivity contribution >= 4 is 22.8 Å². The van der Waals surface area contributed by atoms with Crippen molar-refractivity contribution in [2.24, 2.45) is 0 Å². The maximum Gasteiger partial charge on any atom is 0.537 e. The van der Waals surface area contributed by atoms with Crippen LogP contribution in [0.15, 0.2) is 18.2 Å². The second-order valence-corrected chi connectivity index (χ2v) is 11.3. The lowest BCUT2D eigenvalue weighted by atomic mass is 10.2. The van der Waals surface area contributed by atoms with E-state index in [2.05, 4.69) is 25.1 Å². The van der Waals surface area contributed by atoms with E-state index in [1.807, 2.05) is 41.5 Å². The summed E-state index contributed by atoms with van der Waals surface area (Å²) in [5.74, 6) is 0. The largest absolute Gasteiger partial charge is 0.537 e. The molecule has 0 N–H and O–H groups in total. The first-order valence-electron chi connectivity index (χ1n) is 10.4. The third kappa shape index (κ3) is 6.74. The van der Waals surface area contributed by atoms with Gasteiger partial charge in [-0.2, -0.15) is 0 Å². The first-order valence-corrected chi connectivity index (χ1v) is 14.1. The van der Waals surface area contributed by atoms with Gasteiger partial charge in [0.05, 0.1) is 0 Å². The normalized spacial score (nSPS) is 12.5. The molecule has 0 radical (unpaired) electrons. The molecule has 162 valence electrons. The summed E-state index contributed by atoms with van der Waals surface area (Å²) in [6.07, 6.45) is 0. The molecule has 0 aliphatic heterocycles. The number of rotatable bonds is 15. The van der Waals surface area contributed by atoms with E-state index in [9.17, 15) is 0 Å². The predicted molar refractivity (Wildman–Crippen MR) is 116 cm³/mol. The standard InChI is InChI=1S/C20H38O6Si2/c1-8-21-27(22-9-2,23-10-3)17-19-16-18(7)14-15-20(19)28(24-11-4,25-12-5)26-13-6/h14-16H,8-13,17H2,1-7H3. The topological polar surface area (TPSA) is 55.4 Å². The third-order valence-electron chi connectivity index (χ3n) is 4.09. The summed E-state index contributed by atoms with van der Waals surface area (Å²) in [6.45, 7) is 17.1. The maximum atomic E-state index is 6.16. The van der Waals surface area contributed by atoms with E-state index in [1.165, 1.54) is 0 Å². The highest BCUT2D eigenvalue weighted by Gasteiger charge is 2.48. The molecule has 28 heavy (non-hydrogen) atoms. The Kier molecular flexibility index (Phi) is 11.7. The van der Waals surface area contributed by atoms with Crippen LogP contribution in [0.4, 0.5) is 0 Å². The number of hydrogen-bond donors (Lipinski definition) is 0. The molecule has 1 aromatic carbocycles. The highest BCUT2D eigenvalue weighted by molar-refractivity contribution is 6.76. The Bertz CT molecular complexity index is 536. The first kappa shape index (κ1) is 25.5. The van der Waals surface area contributed by atoms with Gasteiger partial charge in [-0.15, -0.1) is 0 Å². The molecule has 1 aromatic rings. The fraction of sp³-hybridized carbons (Fsp3) is 0.700. The number of aryl methyl sites for hydroxylation is 1. The fourth-order valence-electron chi connectivity index (χ4n) is 3.27. The van der Waals surface area contributed by atoms with Gasteiger partial charge in [-0.25, -0.2) is 0 Å². The Morgan fingerprint density at radius 2 is 1.07 bits per heavy atom. The van der Waals surface area contributed by atoms with E-state index in [0.29, 0.717) is 45.7 Å². The maximum absolute atomic E-state index is 6.16. The van der Waals surface area contributed by atoms with E-state index >= 15 is 0 Å². The van der Waals surface area contributed by atoms with Gasteiger partial charge >= 0.3 is 17.6 Å². The van der Waals surface area contributed by atoms with Crippen molar-refractivity contribution in [2.45, 2.75) is 54.5 Å². The van der Waals surface area contributed by atoms with Gasteiger partial charge in [-0.1, -0.05) is 23.8 Å². The Balaban J connectivity index is 3.50. The lowest BCUT2D eigenvalue weighted by Crippen LogP contribution is -2.59. The first-order chi connectivity index (χ1) is 13.5. The van der Waals surface area contributed by atoms with Crippen LogP contribution in [0.3, 0.4) is 0 Å². The number of benzene rings is 1. The SMILES string of the molecule is CCO[Si](Cc1cc(C)ccc1[Si](OCC)(OCC)OCC)(OCC)OCC. The minimum Gasteiger partial charge on any atom is -0.374 e. The summed E-state index contributed by atoms with van der Waals surface area (Å²) >= 11 is 0. The van der Waals surface area contributed by atoms with E-state index in [-0.39, 0.29) is 0 Å². The second kappa shape index (κ2) is 12.9. The summed E-state index contributed by atoms with van der Waals surface area (Å²) in [4.78, 5) is 0. The van der Waals surface area contributed by atoms with Gasteiger partial charge in [-0.3, -0.25) is 0 Å². The van der Waals surface area contributed by atoms with Crippen molar-refractivity contribution in [2.75, 3.05) is 39.6 Å². The van der Waals surface area contributed by atoms with Gasteiger partial charge in [-0.05, 0) is 54.0 Å². The zero-order valence-corrected chi connectivity index (χ0v) is 20.6. The van der Waals surface area contributed by atoms with E-state index in [4.69, 9.17) is 26.6 Å². The molecule has 1 rings (SSSR count). The summed E-state index contributed by atoms with van der Waals surface area (Å²) in [6, 6.07) is 6.85. The van der Waals surface area contributed by atoms with E-state index in [0.717, 1.165) is 16.3 Å². The lowest BCUT2D eigenvalue weighted by Gasteiger charge is -2.33. The van der Waals surface area contributed by atoms with Crippen LogP contribution in [0.1, 0.15) is 52.7 Å². The Morgan fingerprint density at radius 1 is 0.643 bits per heavy atom. The smallest absolute Gasteiger partial charge is 0.374 e. The molecule has 0 heterocycles. The van der Waals surface area contributed by atoms with Crippen molar-refractivity contribution in [1.29, 1.82) is 0 Å².